The van der Waals surface area contributed by atoms with E-state index in [1.807, 2.05) is 7.11 Å². The zero-order valence-electron chi connectivity index (χ0n) is 13.1. The molecule has 1 N–H and O–H groups in total. The quantitative estimate of drug-likeness (QED) is 0.832. The highest BCUT2D eigenvalue weighted by Crippen LogP contribution is 2.44. The smallest absolute Gasteiger partial charge is 0.0777 e. The monoisotopic (exact) mass is 269 g/mol. The molecule has 1 spiro atoms. The summed E-state index contributed by atoms with van der Waals surface area (Å²) in [7, 11) is 1.83. The highest BCUT2D eigenvalue weighted by molar-refractivity contribution is 4.98. The molecule has 2 aliphatic rings. The lowest BCUT2D eigenvalue weighted by molar-refractivity contribution is -0.117. The molecule has 112 valence electrons. The summed E-state index contributed by atoms with van der Waals surface area (Å²) in [6.07, 6.45) is 7.56. The van der Waals surface area contributed by atoms with E-state index in [4.69, 9.17) is 9.47 Å². The molecule has 0 amide bonds. The van der Waals surface area contributed by atoms with Gasteiger partial charge >= 0.3 is 0 Å². The molecule has 0 aromatic heterocycles. The van der Waals surface area contributed by atoms with E-state index in [0.29, 0.717) is 12.0 Å². The van der Waals surface area contributed by atoms with Gasteiger partial charge in [-0.2, -0.15) is 0 Å². The molecule has 0 aromatic rings. The molecule has 1 saturated carbocycles. The predicted molar refractivity (Wildman–Crippen MR) is 78.4 cm³/mol. The van der Waals surface area contributed by atoms with Crippen LogP contribution >= 0.6 is 0 Å². The third kappa shape index (κ3) is 3.32. The van der Waals surface area contributed by atoms with Crippen molar-refractivity contribution < 1.29 is 9.47 Å². The molecule has 19 heavy (non-hydrogen) atoms. The summed E-state index contributed by atoms with van der Waals surface area (Å²) >= 11 is 0. The Kier molecular flexibility index (Phi) is 4.91. The van der Waals surface area contributed by atoms with E-state index in [0.717, 1.165) is 19.6 Å². The second-order valence-corrected chi connectivity index (χ2v) is 6.83. The number of methoxy groups -OCH3 is 1. The van der Waals surface area contributed by atoms with E-state index in [9.17, 15) is 0 Å². The maximum atomic E-state index is 6.16. The van der Waals surface area contributed by atoms with E-state index < -0.39 is 0 Å². The number of rotatable bonds is 5. The largest absolute Gasteiger partial charge is 0.377 e. The first-order valence-corrected chi connectivity index (χ1v) is 7.95. The van der Waals surface area contributed by atoms with Crippen molar-refractivity contribution in [3.63, 3.8) is 0 Å². The molecule has 2 fully saturated rings. The Balaban J connectivity index is 2.08. The van der Waals surface area contributed by atoms with Gasteiger partial charge in [-0.05, 0) is 52.0 Å². The molecule has 2 unspecified atom stereocenters. The maximum absolute atomic E-state index is 6.16. The van der Waals surface area contributed by atoms with Gasteiger partial charge < -0.3 is 14.8 Å². The van der Waals surface area contributed by atoms with Gasteiger partial charge in [0.25, 0.3) is 0 Å². The first-order chi connectivity index (χ1) is 9.03. The lowest BCUT2D eigenvalue weighted by Crippen LogP contribution is -2.55. The molecule has 1 heterocycles. The van der Waals surface area contributed by atoms with Gasteiger partial charge in [0.2, 0.25) is 0 Å². The predicted octanol–water partition coefficient (Wildman–Crippen LogP) is 3.13. The lowest BCUT2D eigenvalue weighted by atomic mass is 9.76. The number of hydrogen-bond donors (Lipinski definition) is 1. The average molecular weight is 269 g/mol. The van der Waals surface area contributed by atoms with Crippen molar-refractivity contribution in [2.24, 2.45) is 5.92 Å². The Morgan fingerprint density at radius 3 is 2.63 bits per heavy atom. The van der Waals surface area contributed by atoms with Crippen LogP contribution in [0.1, 0.15) is 59.3 Å². The van der Waals surface area contributed by atoms with Gasteiger partial charge in [-0.3, -0.25) is 0 Å². The van der Waals surface area contributed by atoms with Crippen molar-refractivity contribution in [2.75, 3.05) is 20.3 Å². The Hall–Kier alpha value is -0.120. The summed E-state index contributed by atoms with van der Waals surface area (Å²) in [5.74, 6) is 0.668. The van der Waals surface area contributed by atoms with Crippen molar-refractivity contribution >= 4 is 0 Å². The van der Waals surface area contributed by atoms with Crippen LogP contribution in [0.2, 0.25) is 0 Å². The Bertz CT molecular complexity index is 284. The zero-order valence-corrected chi connectivity index (χ0v) is 13.1. The number of hydrogen-bond acceptors (Lipinski definition) is 3. The van der Waals surface area contributed by atoms with Gasteiger partial charge in [-0.1, -0.05) is 19.8 Å². The second kappa shape index (κ2) is 6.11. The topological polar surface area (TPSA) is 30.5 Å². The fourth-order valence-corrected chi connectivity index (χ4v) is 4.04. The third-order valence-electron chi connectivity index (χ3n) is 5.22. The molecule has 0 aromatic carbocycles. The Labute approximate surface area is 118 Å². The summed E-state index contributed by atoms with van der Waals surface area (Å²) < 4.78 is 11.9. The highest BCUT2D eigenvalue weighted by Gasteiger charge is 2.45. The van der Waals surface area contributed by atoms with Crippen LogP contribution in [0.4, 0.5) is 0 Å². The SMILES string of the molecule is CCNC(C1CCOC2(CCCC2)C1)C(C)(C)OC. The molecular formula is C16H31NO2. The highest BCUT2D eigenvalue weighted by atomic mass is 16.5. The standard InChI is InChI=1S/C16H31NO2/c1-5-17-14(15(2,3)18-4)13-8-11-19-16(12-13)9-6-7-10-16/h13-14,17H,5-12H2,1-4H3. The minimum atomic E-state index is -0.113. The van der Waals surface area contributed by atoms with Crippen LogP contribution in [0.15, 0.2) is 0 Å². The van der Waals surface area contributed by atoms with Crippen LogP contribution in [0.5, 0.6) is 0 Å². The van der Waals surface area contributed by atoms with E-state index in [1.54, 1.807) is 0 Å². The van der Waals surface area contributed by atoms with Crippen molar-refractivity contribution in [1.82, 2.24) is 5.32 Å². The fraction of sp³-hybridized carbons (Fsp3) is 1.00. The van der Waals surface area contributed by atoms with Gasteiger partial charge in [-0.25, -0.2) is 0 Å². The summed E-state index contributed by atoms with van der Waals surface area (Å²) in [4.78, 5) is 0. The van der Waals surface area contributed by atoms with Crippen molar-refractivity contribution in [2.45, 2.75) is 76.5 Å². The lowest BCUT2D eigenvalue weighted by Gasteiger charge is -2.46. The number of nitrogens with one attached hydrogen (secondary N) is 1. The third-order valence-corrected chi connectivity index (χ3v) is 5.22. The number of likely N-dealkylation sites (N-methyl/N-ethyl adjacent to an activating group) is 1. The second-order valence-electron chi connectivity index (χ2n) is 6.83. The molecule has 2 atom stereocenters. The Morgan fingerprint density at radius 1 is 1.37 bits per heavy atom. The van der Waals surface area contributed by atoms with Crippen molar-refractivity contribution in [3.05, 3.63) is 0 Å². The minimum Gasteiger partial charge on any atom is -0.377 e. The van der Waals surface area contributed by atoms with Gasteiger partial charge in [0.1, 0.15) is 0 Å². The zero-order chi connectivity index (χ0) is 13.9. The minimum absolute atomic E-state index is 0.113. The molecular weight excluding hydrogens is 238 g/mol. The fourth-order valence-electron chi connectivity index (χ4n) is 4.04. The van der Waals surface area contributed by atoms with Crippen molar-refractivity contribution in [3.8, 4) is 0 Å². The molecule has 3 nitrogen and oxygen atoms in total. The van der Waals surface area contributed by atoms with E-state index in [-0.39, 0.29) is 11.2 Å². The van der Waals surface area contributed by atoms with Crippen LogP contribution in [0.3, 0.4) is 0 Å². The summed E-state index contributed by atoms with van der Waals surface area (Å²) in [6.45, 7) is 8.52. The van der Waals surface area contributed by atoms with E-state index in [1.165, 1.54) is 32.1 Å². The first-order valence-electron chi connectivity index (χ1n) is 7.95. The molecule has 1 aliphatic heterocycles. The van der Waals surface area contributed by atoms with E-state index >= 15 is 0 Å². The molecule has 1 aliphatic carbocycles. The maximum Gasteiger partial charge on any atom is 0.0777 e. The average Bonchev–Trinajstić information content (AvgIpc) is 2.83. The molecule has 1 saturated heterocycles. The van der Waals surface area contributed by atoms with Crippen LogP contribution in [-0.2, 0) is 9.47 Å². The number of ether oxygens (including phenoxy) is 2. The van der Waals surface area contributed by atoms with Gasteiger partial charge in [0, 0.05) is 19.8 Å². The summed E-state index contributed by atoms with van der Waals surface area (Å²) in [5.41, 5.74) is 0.0816. The van der Waals surface area contributed by atoms with E-state index in [2.05, 4.69) is 26.1 Å². The summed E-state index contributed by atoms with van der Waals surface area (Å²) in [5, 5.41) is 3.67. The molecule has 3 heteroatoms. The first kappa shape index (κ1) is 15.3. The van der Waals surface area contributed by atoms with Crippen LogP contribution in [-0.4, -0.2) is 37.5 Å². The van der Waals surface area contributed by atoms with Crippen LogP contribution in [0.25, 0.3) is 0 Å². The summed E-state index contributed by atoms with van der Waals surface area (Å²) in [6, 6.07) is 0.420. The molecule has 0 bridgehead atoms. The van der Waals surface area contributed by atoms with Crippen LogP contribution in [0, 0.1) is 5.92 Å². The Morgan fingerprint density at radius 2 is 2.05 bits per heavy atom. The van der Waals surface area contributed by atoms with Gasteiger partial charge in [-0.15, -0.1) is 0 Å². The van der Waals surface area contributed by atoms with Gasteiger partial charge in [0.15, 0.2) is 0 Å². The molecule has 2 rings (SSSR count). The normalized spacial score (nSPS) is 28.7. The van der Waals surface area contributed by atoms with Crippen LogP contribution < -0.4 is 5.32 Å². The van der Waals surface area contributed by atoms with Crippen molar-refractivity contribution in [1.29, 1.82) is 0 Å². The molecule has 0 radical (unpaired) electrons. The van der Waals surface area contributed by atoms with Gasteiger partial charge in [0.05, 0.1) is 11.2 Å².